The second kappa shape index (κ2) is 18.3. The molecule has 0 bridgehead atoms. The monoisotopic (exact) mass is 726 g/mol. The zero-order chi connectivity index (χ0) is 34.9. The summed E-state index contributed by atoms with van der Waals surface area (Å²) >= 11 is 6.48. The molecular formula is C36H37ClF2N4O8. The van der Waals surface area contributed by atoms with Crippen LogP contribution in [0.25, 0.3) is 22.0 Å². The first-order chi connectivity index (χ1) is 23.6. The number of aromatic nitrogens is 1. The first kappa shape index (κ1) is 39.7. The molecule has 0 aliphatic rings. The third-order valence-electron chi connectivity index (χ3n) is 7.78. The Hall–Kier alpha value is -5.70. The van der Waals surface area contributed by atoms with E-state index in [0.717, 1.165) is 16.7 Å². The zero-order valence-corrected chi connectivity index (χ0v) is 28.0. The molecule has 0 fully saturated rings. The molecule has 1 atom stereocenters. The highest BCUT2D eigenvalue weighted by Crippen LogP contribution is 2.33. The van der Waals surface area contributed by atoms with Crippen LogP contribution >= 0.6 is 11.6 Å². The van der Waals surface area contributed by atoms with Gasteiger partial charge in [0.05, 0.1) is 41.7 Å². The number of anilines is 2. The highest BCUT2D eigenvalue weighted by Gasteiger charge is 2.16. The fourth-order valence-corrected chi connectivity index (χ4v) is 5.68. The van der Waals surface area contributed by atoms with E-state index in [0.29, 0.717) is 40.8 Å². The molecule has 270 valence electrons. The molecule has 0 spiro atoms. The van der Waals surface area contributed by atoms with E-state index in [1.165, 1.54) is 19.2 Å². The van der Waals surface area contributed by atoms with E-state index in [9.17, 15) is 29.7 Å². The molecule has 1 heterocycles. The van der Waals surface area contributed by atoms with E-state index < -0.39 is 18.3 Å². The summed E-state index contributed by atoms with van der Waals surface area (Å²) in [5.74, 6) is 0.350. The largest absolute Gasteiger partial charge is 0.506 e. The number of aliphatic hydroxyl groups is 1. The molecule has 0 saturated carbocycles. The van der Waals surface area contributed by atoms with Gasteiger partial charge in [-0.05, 0) is 53.8 Å². The fraction of sp³-hybridized carbons (Fsp3) is 0.194. The van der Waals surface area contributed by atoms with E-state index in [1.54, 1.807) is 30.3 Å². The summed E-state index contributed by atoms with van der Waals surface area (Å²) in [5, 5.41) is 39.3. The Labute approximate surface area is 295 Å². The average Bonchev–Trinajstić information content (AvgIpc) is 3.08. The third-order valence-corrected chi connectivity index (χ3v) is 8.09. The Morgan fingerprint density at radius 2 is 1.71 bits per heavy atom. The molecule has 51 heavy (non-hydrogen) atoms. The number of phenolic OH excluding ortho intramolecular Hbond substituents is 1. The number of phenols is 1. The maximum absolute atomic E-state index is 12.6. The van der Waals surface area contributed by atoms with Gasteiger partial charge in [0.15, 0.2) is 0 Å². The fourth-order valence-electron chi connectivity index (χ4n) is 5.44. The molecule has 0 aliphatic carbocycles. The number of pyridine rings is 1. The van der Waals surface area contributed by atoms with Gasteiger partial charge in [-0.1, -0.05) is 60.1 Å². The third kappa shape index (κ3) is 10.2. The molecule has 1 aromatic heterocycles. The quantitative estimate of drug-likeness (QED) is 0.0631. The summed E-state index contributed by atoms with van der Waals surface area (Å²) in [6.45, 7) is 0.521. The van der Waals surface area contributed by atoms with Gasteiger partial charge in [0.25, 0.3) is 0 Å². The molecular weight excluding hydrogens is 690 g/mol. The van der Waals surface area contributed by atoms with E-state index in [2.05, 4.69) is 20.9 Å². The van der Waals surface area contributed by atoms with Crippen molar-refractivity contribution in [1.29, 1.82) is 0 Å². The number of carbonyl (C=O) groups is 2. The molecule has 5 aromatic rings. The van der Waals surface area contributed by atoms with Gasteiger partial charge in [-0.25, -0.2) is 9.59 Å². The number of H-pyrrole nitrogens is 1. The second-order valence-electron chi connectivity index (χ2n) is 11.1. The van der Waals surface area contributed by atoms with Crippen molar-refractivity contribution in [3.63, 3.8) is 0 Å². The van der Waals surface area contributed by atoms with Crippen LogP contribution in [0.1, 0.15) is 29.2 Å². The minimum Gasteiger partial charge on any atom is -0.506 e. The molecule has 2 amide bonds. The molecule has 0 saturated heterocycles. The number of nitrogens with one attached hydrogen (secondary N) is 4. The van der Waals surface area contributed by atoms with Crippen LogP contribution in [0.5, 0.6) is 11.5 Å². The number of aryl methyl sites for hydroxylation is 1. The number of aromatic hydroxyl groups is 1. The number of rotatable bonds is 13. The number of carbonyl (C=O) groups excluding carboxylic acids is 1. The number of aliphatic hydroxyl groups excluding tert-OH is 1. The summed E-state index contributed by atoms with van der Waals surface area (Å²) in [4.78, 5) is 38.2. The summed E-state index contributed by atoms with van der Waals surface area (Å²) in [6.07, 6.45) is -1.77. The van der Waals surface area contributed by atoms with Gasteiger partial charge in [-0.3, -0.25) is 24.8 Å². The maximum Gasteiger partial charge on any atom is 0.411 e. The summed E-state index contributed by atoms with van der Waals surface area (Å²) in [6, 6.07) is 24.1. The number of amides is 2. The normalized spacial score (nSPS) is 11.1. The highest BCUT2D eigenvalue weighted by molar-refractivity contribution is 6.33. The number of hydrogen-bond donors (Lipinski definition) is 7. The predicted octanol–water partition coefficient (Wildman–Crippen LogP) is 6.96. The number of halogens is 3. The lowest BCUT2D eigenvalue weighted by atomic mass is 10.00. The molecule has 0 aliphatic heterocycles. The SMILES string of the molecule is COc1cc(NC(=O)OCCCc2ccc(-c3ccccc3)c(NC(=O)O)c2)c(Cl)cc1CNC[C@H](O)c1ccc(O)c2[nH]c(=O)ccc12.F.F. The number of ether oxygens (including phenoxy) is 2. The van der Waals surface area contributed by atoms with Crippen molar-refractivity contribution < 1.29 is 43.8 Å². The molecule has 15 heteroatoms. The van der Waals surface area contributed by atoms with Crippen LogP contribution in [-0.4, -0.2) is 52.8 Å². The molecule has 5 rings (SSSR count). The minimum absolute atomic E-state index is 0. The Balaban J connectivity index is 0.00000351. The predicted molar refractivity (Wildman–Crippen MR) is 193 cm³/mol. The van der Waals surface area contributed by atoms with E-state index in [-0.39, 0.29) is 56.6 Å². The first-order valence-corrected chi connectivity index (χ1v) is 15.7. The average molecular weight is 727 g/mol. The number of carboxylic acid groups (broad SMARTS) is 1. The number of benzene rings is 4. The zero-order valence-electron chi connectivity index (χ0n) is 27.3. The number of aromatic amines is 1. The molecule has 0 radical (unpaired) electrons. The van der Waals surface area contributed by atoms with Crippen molar-refractivity contribution in [2.24, 2.45) is 0 Å². The molecule has 0 unspecified atom stereocenters. The van der Waals surface area contributed by atoms with E-state index >= 15 is 0 Å². The highest BCUT2D eigenvalue weighted by atomic mass is 35.5. The van der Waals surface area contributed by atoms with Crippen LogP contribution in [-0.2, 0) is 17.7 Å². The van der Waals surface area contributed by atoms with Gasteiger partial charge >= 0.3 is 12.2 Å². The smallest absolute Gasteiger partial charge is 0.411 e. The summed E-state index contributed by atoms with van der Waals surface area (Å²) < 4.78 is 10.9. The van der Waals surface area contributed by atoms with E-state index in [4.69, 9.17) is 21.1 Å². The molecule has 12 nitrogen and oxygen atoms in total. The number of methoxy groups -OCH3 is 1. The van der Waals surface area contributed by atoms with Gasteiger partial charge in [-0.15, -0.1) is 0 Å². The van der Waals surface area contributed by atoms with Gasteiger partial charge < -0.3 is 35.1 Å². The van der Waals surface area contributed by atoms with Crippen LogP contribution < -0.4 is 26.2 Å². The number of fused-ring (bicyclic) bond motifs is 1. The van der Waals surface area contributed by atoms with Gasteiger partial charge in [0.2, 0.25) is 5.56 Å². The van der Waals surface area contributed by atoms with Crippen LogP contribution in [0.4, 0.5) is 30.4 Å². The Kier molecular flexibility index (Phi) is 14.3. The lowest BCUT2D eigenvalue weighted by Gasteiger charge is -2.17. The molecule has 7 N–H and O–H groups in total. The van der Waals surface area contributed by atoms with Crippen molar-refractivity contribution in [3.05, 3.63) is 117 Å². The van der Waals surface area contributed by atoms with Gasteiger partial charge in [0.1, 0.15) is 11.5 Å². The van der Waals surface area contributed by atoms with Gasteiger partial charge in [0, 0.05) is 41.7 Å². The topological polar surface area (TPSA) is 182 Å². The van der Waals surface area contributed by atoms with Crippen LogP contribution in [0.15, 0.2) is 89.7 Å². The standard InChI is InChI=1S/C36H35ClN4O8.2FH/c1-48-32-18-29(27(37)17-23(32)19-38-20-31(43)25-11-13-30(42)34-26(25)12-14-33(44)41-34)40-36(47)49-15-5-6-21-9-10-24(22-7-3-2-4-8-22)28(16-21)39-35(45)46;;/h2-4,7-14,16-18,31,38-39,42-43H,5-6,15,19-20H2,1H3,(H,40,47)(H,41,44)(H,45,46);2*1H/t31-;;/m0../s1. The Bertz CT molecular complexity index is 2030. The van der Waals surface area contributed by atoms with Gasteiger partial charge in [-0.2, -0.15) is 0 Å². The number of hydrogen-bond acceptors (Lipinski definition) is 8. The first-order valence-electron chi connectivity index (χ1n) is 15.3. The van der Waals surface area contributed by atoms with Crippen LogP contribution in [0, 0.1) is 0 Å². The van der Waals surface area contributed by atoms with Crippen molar-refractivity contribution >= 4 is 46.1 Å². The van der Waals surface area contributed by atoms with Crippen LogP contribution in [0.3, 0.4) is 0 Å². The van der Waals surface area contributed by atoms with E-state index in [1.807, 2.05) is 42.5 Å². The second-order valence-corrected chi connectivity index (χ2v) is 11.5. The Morgan fingerprint density at radius 3 is 2.43 bits per heavy atom. The van der Waals surface area contributed by atoms with Crippen molar-refractivity contribution in [1.82, 2.24) is 10.3 Å². The minimum atomic E-state index is -1.16. The summed E-state index contributed by atoms with van der Waals surface area (Å²) in [5.41, 5.74) is 4.37. The lowest BCUT2D eigenvalue weighted by molar-refractivity contribution is 0.160. The molecule has 4 aromatic carbocycles. The van der Waals surface area contributed by atoms with Crippen molar-refractivity contribution in [2.45, 2.75) is 25.5 Å². The van der Waals surface area contributed by atoms with Crippen molar-refractivity contribution in [3.8, 4) is 22.6 Å². The maximum atomic E-state index is 12.6. The Morgan fingerprint density at radius 1 is 0.941 bits per heavy atom. The summed E-state index contributed by atoms with van der Waals surface area (Å²) in [7, 11) is 1.48. The lowest BCUT2D eigenvalue weighted by Crippen LogP contribution is -2.22. The van der Waals surface area contributed by atoms with Crippen LogP contribution in [0.2, 0.25) is 5.02 Å². The van der Waals surface area contributed by atoms with Crippen molar-refractivity contribution in [2.75, 3.05) is 30.9 Å².